The third kappa shape index (κ3) is 2.87. The first kappa shape index (κ1) is 14.0. The van der Waals surface area contributed by atoms with Crippen LogP contribution in [0.15, 0.2) is 42.5 Å². The Labute approximate surface area is 126 Å². The fourth-order valence-electron chi connectivity index (χ4n) is 3.34. The van der Waals surface area contributed by atoms with Gasteiger partial charge in [0.15, 0.2) is 0 Å². The molecule has 0 saturated heterocycles. The normalized spacial score (nSPS) is 17.6. The van der Waals surface area contributed by atoms with Crippen molar-refractivity contribution in [1.82, 2.24) is 5.32 Å². The highest BCUT2D eigenvalue weighted by atomic mass is 32.2. The minimum Gasteiger partial charge on any atom is -0.311 e. The molecule has 0 bridgehead atoms. The van der Waals surface area contributed by atoms with Crippen LogP contribution in [0.25, 0.3) is 10.8 Å². The SMILES string of the molecule is CSC1(CNCc2cccc3ccccc23)CCCC1. The zero-order valence-electron chi connectivity index (χ0n) is 12.2. The molecule has 2 aromatic rings. The van der Waals surface area contributed by atoms with Crippen LogP contribution in [0.5, 0.6) is 0 Å². The van der Waals surface area contributed by atoms with Gasteiger partial charge in [0.05, 0.1) is 0 Å². The number of hydrogen-bond acceptors (Lipinski definition) is 2. The van der Waals surface area contributed by atoms with E-state index in [0.717, 1.165) is 13.1 Å². The molecule has 2 aromatic carbocycles. The van der Waals surface area contributed by atoms with Gasteiger partial charge in [-0.1, -0.05) is 55.3 Å². The van der Waals surface area contributed by atoms with Crippen molar-refractivity contribution in [3.8, 4) is 0 Å². The molecular weight excluding hydrogens is 262 g/mol. The van der Waals surface area contributed by atoms with Crippen LogP contribution < -0.4 is 5.32 Å². The molecule has 2 heteroatoms. The molecule has 1 saturated carbocycles. The lowest BCUT2D eigenvalue weighted by Crippen LogP contribution is -2.34. The van der Waals surface area contributed by atoms with Gasteiger partial charge >= 0.3 is 0 Å². The van der Waals surface area contributed by atoms with E-state index < -0.39 is 0 Å². The Hall–Kier alpha value is -0.990. The quantitative estimate of drug-likeness (QED) is 0.861. The summed E-state index contributed by atoms with van der Waals surface area (Å²) in [6.45, 7) is 2.11. The average Bonchev–Trinajstić information content (AvgIpc) is 2.97. The van der Waals surface area contributed by atoms with E-state index in [1.54, 1.807) is 0 Å². The summed E-state index contributed by atoms with van der Waals surface area (Å²) in [6, 6.07) is 15.3. The number of fused-ring (bicyclic) bond motifs is 1. The van der Waals surface area contributed by atoms with E-state index in [4.69, 9.17) is 0 Å². The van der Waals surface area contributed by atoms with Crippen molar-refractivity contribution in [1.29, 1.82) is 0 Å². The van der Waals surface area contributed by atoms with Crippen LogP contribution in [-0.4, -0.2) is 17.5 Å². The molecule has 0 radical (unpaired) electrons. The first-order chi connectivity index (χ1) is 9.83. The van der Waals surface area contributed by atoms with Gasteiger partial charge in [0.25, 0.3) is 0 Å². The van der Waals surface area contributed by atoms with E-state index >= 15 is 0 Å². The maximum absolute atomic E-state index is 3.71. The van der Waals surface area contributed by atoms with E-state index in [1.807, 2.05) is 0 Å². The lowest BCUT2D eigenvalue weighted by atomic mass is 10.0. The van der Waals surface area contributed by atoms with Crippen LogP contribution in [0.3, 0.4) is 0 Å². The molecule has 1 N–H and O–H groups in total. The topological polar surface area (TPSA) is 12.0 Å². The van der Waals surface area contributed by atoms with Crippen LogP contribution in [0, 0.1) is 0 Å². The van der Waals surface area contributed by atoms with Crippen molar-refractivity contribution < 1.29 is 0 Å². The molecule has 1 nitrogen and oxygen atoms in total. The summed E-state index contributed by atoms with van der Waals surface area (Å²) in [5.74, 6) is 0. The molecule has 20 heavy (non-hydrogen) atoms. The summed E-state index contributed by atoms with van der Waals surface area (Å²) < 4.78 is 0.491. The van der Waals surface area contributed by atoms with Gasteiger partial charge in [0.2, 0.25) is 0 Å². The Morgan fingerprint density at radius 2 is 1.80 bits per heavy atom. The summed E-state index contributed by atoms with van der Waals surface area (Å²) in [6.07, 6.45) is 7.81. The minimum absolute atomic E-state index is 0.491. The molecule has 0 unspecified atom stereocenters. The first-order valence-corrected chi connectivity index (χ1v) is 8.78. The highest BCUT2D eigenvalue weighted by Gasteiger charge is 2.32. The van der Waals surface area contributed by atoms with E-state index in [0.29, 0.717) is 4.75 Å². The largest absolute Gasteiger partial charge is 0.311 e. The summed E-state index contributed by atoms with van der Waals surface area (Å²) in [7, 11) is 0. The Morgan fingerprint density at radius 3 is 2.60 bits per heavy atom. The van der Waals surface area contributed by atoms with Gasteiger partial charge in [0, 0.05) is 17.8 Å². The Balaban J connectivity index is 1.68. The number of thioether (sulfide) groups is 1. The van der Waals surface area contributed by atoms with E-state index in [-0.39, 0.29) is 0 Å². The van der Waals surface area contributed by atoms with Crippen molar-refractivity contribution in [3.05, 3.63) is 48.0 Å². The van der Waals surface area contributed by atoms with Crippen molar-refractivity contribution in [2.75, 3.05) is 12.8 Å². The zero-order valence-corrected chi connectivity index (χ0v) is 13.0. The molecule has 0 aromatic heterocycles. The van der Waals surface area contributed by atoms with Crippen LogP contribution in [0.2, 0.25) is 0 Å². The molecule has 1 fully saturated rings. The third-order valence-corrected chi connectivity index (χ3v) is 6.01. The second-order valence-electron chi connectivity index (χ2n) is 5.84. The second-order valence-corrected chi connectivity index (χ2v) is 7.11. The number of benzene rings is 2. The van der Waals surface area contributed by atoms with Crippen molar-refractivity contribution in [2.24, 2.45) is 0 Å². The van der Waals surface area contributed by atoms with Crippen LogP contribution in [0.1, 0.15) is 31.2 Å². The highest BCUT2D eigenvalue weighted by molar-refractivity contribution is 8.00. The number of nitrogens with one attached hydrogen (secondary N) is 1. The van der Waals surface area contributed by atoms with E-state index in [1.165, 1.54) is 42.0 Å². The summed E-state index contributed by atoms with van der Waals surface area (Å²) in [5, 5.41) is 6.43. The summed E-state index contributed by atoms with van der Waals surface area (Å²) in [5.41, 5.74) is 1.41. The Kier molecular flexibility index (Phi) is 4.32. The molecule has 0 amide bonds. The van der Waals surface area contributed by atoms with Gasteiger partial charge in [0.1, 0.15) is 0 Å². The van der Waals surface area contributed by atoms with E-state index in [9.17, 15) is 0 Å². The zero-order chi connectivity index (χ0) is 13.8. The molecule has 106 valence electrons. The molecule has 3 rings (SSSR count). The lowest BCUT2D eigenvalue weighted by Gasteiger charge is -2.27. The van der Waals surface area contributed by atoms with Gasteiger partial charge in [-0.25, -0.2) is 0 Å². The van der Waals surface area contributed by atoms with Crippen molar-refractivity contribution in [2.45, 2.75) is 37.0 Å². The molecule has 1 aliphatic rings. The fourth-order valence-corrected chi connectivity index (χ4v) is 4.29. The monoisotopic (exact) mass is 285 g/mol. The molecule has 0 aliphatic heterocycles. The maximum atomic E-state index is 3.71. The lowest BCUT2D eigenvalue weighted by molar-refractivity contribution is 0.534. The van der Waals surface area contributed by atoms with Gasteiger partial charge in [-0.2, -0.15) is 11.8 Å². The molecular formula is C18H23NS. The average molecular weight is 285 g/mol. The summed E-state index contributed by atoms with van der Waals surface area (Å²) >= 11 is 2.06. The van der Waals surface area contributed by atoms with Crippen LogP contribution in [0.4, 0.5) is 0 Å². The van der Waals surface area contributed by atoms with Gasteiger partial charge in [-0.05, 0) is 35.4 Å². The predicted octanol–water partition coefficient (Wildman–Crippen LogP) is 4.61. The fraction of sp³-hybridized carbons (Fsp3) is 0.444. The molecule has 1 aliphatic carbocycles. The third-order valence-electron chi connectivity index (χ3n) is 4.59. The summed E-state index contributed by atoms with van der Waals surface area (Å²) in [4.78, 5) is 0. The minimum atomic E-state index is 0.491. The number of rotatable bonds is 5. The molecule has 0 spiro atoms. The predicted molar refractivity (Wildman–Crippen MR) is 90.4 cm³/mol. The standard InChI is InChI=1S/C18H23NS/c1-20-18(11-4-5-12-18)14-19-13-16-9-6-8-15-7-2-3-10-17(15)16/h2-3,6-10,19H,4-5,11-14H2,1H3. The molecule has 0 atom stereocenters. The highest BCUT2D eigenvalue weighted by Crippen LogP contribution is 2.39. The Bertz CT molecular complexity index is 567. The Morgan fingerprint density at radius 1 is 1.05 bits per heavy atom. The second kappa shape index (κ2) is 6.19. The van der Waals surface area contributed by atoms with E-state index in [2.05, 4.69) is 65.8 Å². The van der Waals surface area contributed by atoms with Crippen molar-refractivity contribution in [3.63, 3.8) is 0 Å². The van der Waals surface area contributed by atoms with Gasteiger partial charge < -0.3 is 5.32 Å². The van der Waals surface area contributed by atoms with Crippen LogP contribution >= 0.6 is 11.8 Å². The maximum Gasteiger partial charge on any atom is 0.0281 e. The molecule has 0 heterocycles. The van der Waals surface area contributed by atoms with Gasteiger partial charge in [-0.15, -0.1) is 0 Å². The smallest absolute Gasteiger partial charge is 0.0281 e. The number of hydrogen-bond donors (Lipinski definition) is 1. The van der Waals surface area contributed by atoms with Crippen molar-refractivity contribution >= 4 is 22.5 Å². The first-order valence-electron chi connectivity index (χ1n) is 7.56. The van der Waals surface area contributed by atoms with Gasteiger partial charge in [-0.3, -0.25) is 0 Å². The van der Waals surface area contributed by atoms with Crippen LogP contribution in [-0.2, 0) is 6.54 Å².